The van der Waals surface area contributed by atoms with Crippen molar-refractivity contribution >= 4 is 5.91 Å². The fourth-order valence-corrected chi connectivity index (χ4v) is 2.76. The minimum absolute atomic E-state index is 0.145. The van der Waals surface area contributed by atoms with Gasteiger partial charge in [-0.2, -0.15) is 0 Å². The standard InChI is InChI=1S/C12H23N3O/c1-11(2,7-14(3)4)8-15-9-13-12(5-6-12)10(15)16/h13H,5-9H2,1-4H3. The van der Waals surface area contributed by atoms with E-state index in [-0.39, 0.29) is 11.0 Å². The van der Waals surface area contributed by atoms with Crippen molar-refractivity contribution in [3.05, 3.63) is 0 Å². The Morgan fingerprint density at radius 3 is 2.50 bits per heavy atom. The van der Waals surface area contributed by atoms with Gasteiger partial charge in [-0.1, -0.05) is 13.8 Å². The number of hydrogen-bond donors (Lipinski definition) is 1. The number of carbonyl (C=O) groups is 1. The second-order valence-corrected chi connectivity index (χ2v) is 6.32. The van der Waals surface area contributed by atoms with Gasteiger partial charge in [-0.05, 0) is 32.4 Å². The summed E-state index contributed by atoms with van der Waals surface area (Å²) in [6, 6.07) is 0. The smallest absolute Gasteiger partial charge is 0.243 e. The van der Waals surface area contributed by atoms with Crippen molar-refractivity contribution in [2.24, 2.45) is 5.41 Å². The van der Waals surface area contributed by atoms with Gasteiger partial charge in [-0.15, -0.1) is 0 Å². The van der Waals surface area contributed by atoms with E-state index in [0.29, 0.717) is 5.91 Å². The Kier molecular flexibility index (Phi) is 2.75. The molecule has 2 aliphatic rings. The quantitative estimate of drug-likeness (QED) is 0.756. The molecule has 0 aromatic carbocycles. The molecule has 4 nitrogen and oxygen atoms in total. The van der Waals surface area contributed by atoms with Crippen LogP contribution < -0.4 is 5.32 Å². The van der Waals surface area contributed by atoms with Crippen molar-refractivity contribution in [3.8, 4) is 0 Å². The van der Waals surface area contributed by atoms with Crippen LogP contribution in [0.3, 0.4) is 0 Å². The molecule has 0 radical (unpaired) electrons. The molecular weight excluding hydrogens is 202 g/mol. The minimum atomic E-state index is -0.145. The van der Waals surface area contributed by atoms with Gasteiger partial charge in [0.25, 0.3) is 0 Å². The first-order valence-corrected chi connectivity index (χ1v) is 6.04. The van der Waals surface area contributed by atoms with Crippen LogP contribution in [-0.2, 0) is 4.79 Å². The third-order valence-corrected chi connectivity index (χ3v) is 3.42. The molecule has 1 heterocycles. The molecule has 2 rings (SSSR count). The molecule has 0 bridgehead atoms. The molecule has 0 aromatic heterocycles. The van der Waals surface area contributed by atoms with Gasteiger partial charge in [0.2, 0.25) is 5.91 Å². The summed E-state index contributed by atoms with van der Waals surface area (Å²) in [4.78, 5) is 16.3. The van der Waals surface area contributed by atoms with E-state index >= 15 is 0 Å². The summed E-state index contributed by atoms with van der Waals surface area (Å²) in [5.41, 5.74) is 0.00938. The molecule has 2 fully saturated rings. The number of nitrogens with one attached hydrogen (secondary N) is 1. The second kappa shape index (κ2) is 3.70. The van der Waals surface area contributed by atoms with Gasteiger partial charge in [0.15, 0.2) is 0 Å². The van der Waals surface area contributed by atoms with Crippen LogP contribution in [0.2, 0.25) is 0 Å². The van der Waals surface area contributed by atoms with Gasteiger partial charge in [0.05, 0.1) is 12.2 Å². The zero-order valence-electron chi connectivity index (χ0n) is 10.8. The number of amides is 1. The number of carbonyl (C=O) groups excluding carboxylic acids is 1. The van der Waals surface area contributed by atoms with Gasteiger partial charge >= 0.3 is 0 Å². The van der Waals surface area contributed by atoms with Crippen molar-refractivity contribution in [2.45, 2.75) is 32.2 Å². The van der Waals surface area contributed by atoms with Gasteiger partial charge in [0.1, 0.15) is 0 Å². The number of rotatable bonds is 4. The Morgan fingerprint density at radius 1 is 1.44 bits per heavy atom. The highest BCUT2D eigenvalue weighted by Gasteiger charge is 2.55. The SMILES string of the molecule is CN(C)CC(C)(C)CN1CNC2(CC2)C1=O. The predicted molar refractivity (Wildman–Crippen MR) is 64.0 cm³/mol. The first kappa shape index (κ1) is 11.9. The van der Waals surface area contributed by atoms with Gasteiger partial charge in [-0.3, -0.25) is 10.1 Å². The van der Waals surface area contributed by atoms with Gasteiger partial charge in [0, 0.05) is 13.1 Å². The van der Waals surface area contributed by atoms with Crippen molar-refractivity contribution in [3.63, 3.8) is 0 Å². The van der Waals surface area contributed by atoms with E-state index in [1.165, 1.54) is 0 Å². The molecule has 1 aliphatic heterocycles. The average molecular weight is 225 g/mol. The highest BCUT2D eigenvalue weighted by molar-refractivity contribution is 5.91. The Labute approximate surface area is 98.0 Å². The molecule has 0 unspecified atom stereocenters. The van der Waals surface area contributed by atoms with E-state index in [2.05, 4.69) is 38.2 Å². The Balaban J connectivity index is 1.92. The van der Waals surface area contributed by atoms with Crippen LogP contribution in [-0.4, -0.2) is 55.1 Å². The topological polar surface area (TPSA) is 35.6 Å². The van der Waals surface area contributed by atoms with E-state index in [1.54, 1.807) is 0 Å². The fourth-order valence-electron chi connectivity index (χ4n) is 2.76. The van der Waals surface area contributed by atoms with Crippen LogP contribution in [0.5, 0.6) is 0 Å². The van der Waals surface area contributed by atoms with Crippen molar-refractivity contribution < 1.29 is 4.79 Å². The zero-order chi connectivity index (χ0) is 12.0. The Hall–Kier alpha value is -0.610. The van der Waals surface area contributed by atoms with Gasteiger partial charge < -0.3 is 9.80 Å². The lowest BCUT2D eigenvalue weighted by atomic mass is 9.92. The molecule has 16 heavy (non-hydrogen) atoms. The first-order chi connectivity index (χ1) is 7.35. The largest absolute Gasteiger partial charge is 0.328 e. The Morgan fingerprint density at radius 2 is 2.06 bits per heavy atom. The molecule has 0 atom stereocenters. The zero-order valence-corrected chi connectivity index (χ0v) is 10.8. The summed E-state index contributed by atoms with van der Waals surface area (Å²) in [6.45, 7) is 7.02. The molecule has 1 spiro atoms. The highest BCUT2D eigenvalue weighted by Crippen LogP contribution is 2.40. The minimum Gasteiger partial charge on any atom is -0.328 e. The third kappa shape index (κ3) is 2.23. The lowest BCUT2D eigenvalue weighted by molar-refractivity contribution is -0.131. The predicted octanol–water partition coefficient (Wildman–Crippen LogP) is 0.496. The lowest BCUT2D eigenvalue weighted by Crippen LogP contribution is -2.42. The molecule has 1 N–H and O–H groups in total. The number of hydrogen-bond acceptors (Lipinski definition) is 3. The van der Waals surface area contributed by atoms with E-state index in [9.17, 15) is 4.79 Å². The maximum Gasteiger partial charge on any atom is 0.243 e. The fraction of sp³-hybridized carbons (Fsp3) is 0.917. The molecule has 92 valence electrons. The third-order valence-electron chi connectivity index (χ3n) is 3.42. The van der Waals surface area contributed by atoms with Crippen LogP contribution in [0.1, 0.15) is 26.7 Å². The molecule has 0 aromatic rings. The summed E-state index contributed by atoms with van der Waals surface area (Å²) in [5, 5.41) is 3.35. The van der Waals surface area contributed by atoms with Crippen LogP contribution in [0.15, 0.2) is 0 Å². The second-order valence-electron chi connectivity index (χ2n) is 6.32. The Bertz CT molecular complexity index is 295. The molecule has 1 saturated heterocycles. The number of nitrogens with zero attached hydrogens (tertiary/aromatic N) is 2. The molecule has 1 saturated carbocycles. The summed E-state index contributed by atoms with van der Waals surface area (Å²) < 4.78 is 0. The molecular formula is C12H23N3O. The van der Waals surface area contributed by atoms with E-state index < -0.39 is 0 Å². The average Bonchev–Trinajstić information content (AvgIpc) is 2.84. The lowest BCUT2D eigenvalue weighted by Gasteiger charge is -2.32. The van der Waals surface area contributed by atoms with Crippen LogP contribution in [0, 0.1) is 5.41 Å². The summed E-state index contributed by atoms with van der Waals surface area (Å²) >= 11 is 0. The first-order valence-electron chi connectivity index (χ1n) is 6.04. The maximum atomic E-state index is 12.1. The monoisotopic (exact) mass is 225 g/mol. The van der Waals surface area contributed by atoms with E-state index in [0.717, 1.165) is 32.6 Å². The van der Waals surface area contributed by atoms with Gasteiger partial charge in [-0.25, -0.2) is 0 Å². The van der Waals surface area contributed by atoms with Crippen LogP contribution in [0.4, 0.5) is 0 Å². The normalized spacial score (nSPS) is 23.6. The summed E-state index contributed by atoms with van der Waals surface area (Å²) in [7, 11) is 4.16. The van der Waals surface area contributed by atoms with Crippen LogP contribution in [0.25, 0.3) is 0 Å². The molecule has 4 heteroatoms. The summed E-state index contributed by atoms with van der Waals surface area (Å²) in [5.74, 6) is 0.319. The summed E-state index contributed by atoms with van der Waals surface area (Å²) in [6.07, 6.45) is 2.05. The van der Waals surface area contributed by atoms with E-state index in [1.807, 2.05) is 4.90 Å². The van der Waals surface area contributed by atoms with Crippen LogP contribution >= 0.6 is 0 Å². The van der Waals surface area contributed by atoms with Crippen molar-refractivity contribution in [1.29, 1.82) is 0 Å². The maximum absolute atomic E-state index is 12.1. The van der Waals surface area contributed by atoms with E-state index in [4.69, 9.17) is 0 Å². The van der Waals surface area contributed by atoms with Crippen molar-refractivity contribution in [2.75, 3.05) is 33.9 Å². The molecule has 1 aliphatic carbocycles. The van der Waals surface area contributed by atoms with Crippen molar-refractivity contribution in [1.82, 2.24) is 15.1 Å². The molecule has 1 amide bonds. The highest BCUT2D eigenvalue weighted by atomic mass is 16.2.